The third kappa shape index (κ3) is 6.54. The molecular formula is C9H19NO3. The van der Waals surface area contributed by atoms with Crippen molar-refractivity contribution in [3.05, 3.63) is 0 Å². The molecule has 1 unspecified atom stereocenters. The summed E-state index contributed by atoms with van der Waals surface area (Å²) in [5.41, 5.74) is 0. The SMILES string of the molecule is CCCNC(CCOCC)C(=O)O. The van der Waals surface area contributed by atoms with E-state index < -0.39 is 12.0 Å². The summed E-state index contributed by atoms with van der Waals surface area (Å²) in [6.07, 6.45) is 1.47. The van der Waals surface area contributed by atoms with Crippen LogP contribution in [0.2, 0.25) is 0 Å². The predicted octanol–water partition coefficient (Wildman–Crippen LogP) is 0.866. The molecule has 78 valence electrons. The van der Waals surface area contributed by atoms with Crippen molar-refractivity contribution in [2.45, 2.75) is 32.7 Å². The van der Waals surface area contributed by atoms with E-state index in [4.69, 9.17) is 9.84 Å². The van der Waals surface area contributed by atoms with Crippen LogP contribution >= 0.6 is 0 Å². The molecule has 1 atom stereocenters. The van der Waals surface area contributed by atoms with E-state index in [2.05, 4.69) is 5.32 Å². The maximum Gasteiger partial charge on any atom is 0.320 e. The van der Waals surface area contributed by atoms with Gasteiger partial charge in [0.15, 0.2) is 0 Å². The zero-order valence-corrected chi connectivity index (χ0v) is 8.38. The topological polar surface area (TPSA) is 58.6 Å². The van der Waals surface area contributed by atoms with Crippen molar-refractivity contribution in [3.8, 4) is 0 Å². The number of hydrogen-bond donors (Lipinski definition) is 2. The quantitative estimate of drug-likeness (QED) is 0.556. The van der Waals surface area contributed by atoms with Crippen LogP contribution in [0.3, 0.4) is 0 Å². The summed E-state index contributed by atoms with van der Waals surface area (Å²) in [6, 6.07) is -0.466. The fourth-order valence-corrected chi connectivity index (χ4v) is 0.977. The molecule has 13 heavy (non-hydrogen) atoms. The minimum Gasteiger partial charge on any atom is -0.480 e. The molecule has 2 N–H and O–H groups in total. The minimum atomic E-state index is -0.798. The van der Waals surface area contributed by atoms with Gasteiger partial charge >= 0.3 is 5.97 Å². The van der Waals surface area contributed by atoms with Crippen molar-refractivity contribution in [1.82, 2.24) is 5.32 Å². The van der Waals surface area contributed by atoms with Gasteiger partial charge in [-0.25, -0.2) is 0 Å². The normalized spacial score (nSPS) is 12.8. The summed E-state index contributed by atoms with van der Waals surface area (Å²) in [5.74, 6) is -0.798. The molecule has 0 aliphatic rings. The first kappa shape index (κ1) is 12.4. The Morgan fingerprint density at radius 2 is 2.23 bits per heavy atom. The Bertz CT molecular complexity index is 139. The van der Waals surface area contributed by atoms with Gasteiger partial charge in [0.25, 0.3) is 0 Å². The Balaban J connectivity index is 3.61. The van der Waals surface area contributed by atoms with E-state index in [1.165, 1.54) is 0 Å². The lowest BCUT2D eigenvalue weighted by atomic mass is 10.2. The molecule has 0 spiro atoms. The Hall–Kier alpha value is -0.610. The molecule has 0 radical (unpaired) electrons. The number of carboxylic acid groups (broad SMARTS) is 1. The van der Waals surface area contributed by atoms with Gasteiger partial charge in [0, 0.05) is 13.2 Å². The van der Waals surface area contributed by atoms with E-state index in [1.54, 1.807) is 0 Å². The number of hydrogen-bond acceptors (Lipinski definition) is 3. The van der Waals surface area contributed by atoms with Gasteiger partial charge < -0.3 is 15.2 Å². The zero-order chi connectivity index (χ0) is 10.1. The van der Waals surface area contributed by atoms with Crippen molar-refractivity contribution < 1.29 is 14.6 Å². The highest BCUT2D eigenvalue weighted by Gasteiger charge is 2.15. The van der Waals surface area contributed by atoms with E-state index in [0.29, 0.717) is 19.6 Å². The standard InChI is InChI=1S/C9H19NO3/c1-3-6-10-8(9(11)12)5-7-13-4-2/h8,10H,3-7H2,1-2H3,(H,11,12). The number of carbonyl (C=O) groups is 1. The monoisotopic (exact) mass is 189 g/mol. The van der Waals surface area contributed by atoms with E-state index in [0.717, 1.165) is 13.0 Å². The third-order valence-corrected chi connectivity index (χ3v) is 1.69. The number of nitrogens with one attached hydrogen (secondary N) is 1. The molecule has 0 rings (SSSR count). The first-order valence-electron chi connectivity index (χ1n) is 4.76. The van der Waals surface area contributed by atoms with E-state index in [-0.39, 0.29) is 0 Å². The molecule has 4 heteroatoms. The molecule has 0 aromatic carbocycles. The Labute approximate surface area is 79.3 Å². The number of carboxylic acids is 1. The molecule has 0 aromatic rings. The van der Waals surface area contributed by atoms with Gasteiger partial charge in [0.05, 0.1) is 0 Å². The maximum absolute atomic E-state index is 10.7. The van der Waals surface area contributed by atoms with Gasteiger partial charge in [-0.1, -0.05) is 6.92 Å². The van der Waals surface area contributed by atoms with Crippen LogP contribution in [-0.2, 0) is 9.53 Å². The summed E-state index contributed by atoms with van der Waals surface area (Å²) in [5, 5.41) is 11.7. The Morgan fingerprint density at radius 3 is 2.69 bits per heavy atom. The molecule has 4 nitrogen and oxygen atoms in total. The number of ether oxygens (including phenoxy) is 1. The smallest absolute Gasteiger partial charge is 0.320 e. The van der Waals surface area contributed by atoms with Crippen LogP contribution in [0.5, 0.6) is 0 Å². The Morgan fingerprint density at radius 1 is 1.54 bits per heavy atom. The number of rotatable bonds is 8. The highest BCUT2D eigenvalue weighted by molar-refractivity contribution is 5.73. The van der Waals surface area contributed by atoms with Gasteiger partial charge in [0.1, 0.15) is 6.04 Å². The molecule has 0 saturated heterocycles. The van der Waals surface area contributed by atoms with Gasteiger partial charge in [-0.2, -0.15) is 0 Å². The van der Waals surface area contributed by atoms with Crippen LogP contribution < -0.4 is 5.32 Å². The van der Waals surface area contributed by atoms with Crippen LogP contribution in [0.1, 0.15) is 26.7 Å². The first-order valence-corrected chi connectivity index (χ1v) is 4.76. The summed E-state index contributed by atoms with van der Waals surface area (Å²) < 4.78 is 5.09. The van der Waals surface area contributed by atoms with E-state index >= 15 is 0 Å². The van der Waals surface area contributed by atoms with Gasteiger partial charge in [-0.15, -0.1) is 0 Å². The minimum absolute atomic E-state index is 0.466. The lowest BCUT2D eigenvalue weighted by Crippen LogP contribution is -2.38. The van der Waals surface area contributed by atoms with Gasteiger partial charge in [-0.05, 0) is 26.3 Å². The first-order chi connectivity index (χ1) is 6.22. The van der Waals surface area contributed by atoms with E-state index in [1.807, 2.05) is 13.8 Å². The van der Waals surface area contributed by atoms with Crippen LogP contribution in [0, 0.1) is 0 Å². The molecule has 0 aliphatic heterocycles. The Kier molecular flexibility index (Phi) is 7.63. The highest BCUT2D eigenvalue weighted by atomic mass is 16.5. The van der Waals surface area contributed by atoms with Crippen molar-refractivity contribution >= 4 is 5.97 Å². The van der Waals surface area contributed by atoms with E-state index in [9.17, 15) is 4.79 Å². The van der Waals surface area contributed by atoms with Crippen molar-refractivity contribution in [1.29, 1.82) is 0 Å². The zero-order valence-electron chi connectivity index (χ0n) is 8.38. The molecule has 0 bridgehead atoms. The molecule has 0 amide bonds. The summed E-state index contributed by atoms with van der Waals surface area (Å²) >= 11 is 0. The van der Waals surface area contributed by atoms with Crippen molar-refractivity contribution in [2.75, 3.05) is 19.8 Å². The fraction of sp³-hybridized carbons (Fsp3) is 0.889. The van der Waals surface area contributed by atoms with Crippen LogP contribution in [-0.4, -0.2) is 36.9 Å². The second-order valence-corrected chi connectivity index (χ2v) is 2.83. The summed E-state index contributed by atoms with van der Waals surface area (Å²) in [7, 11) is 0. The predicted molar refractivity (Wildman–Crippen MR) is 50.8 cm³/mol. The largest absolute Gasteiger partial charge is 0.480 e. The van der Waals surface area contributed by atoms with Crippen LogP contribution in [0.4, 0.5) is 0 Å². The van der Waals surface area contributed by atoms with Crippen LogP contribution in [0.25, 0.3) is 0 Å². The molecular weight excluding hydrogens is 170 g/mol. The molecule has 0 aromatic heterocycles. The average molecular weight is 189 g/mol. The second-order valence-electron chi connectivity index (χ2n) is 2.83. The maximum atomic E-state index is 10.7. The van der Waals surface area contributed by atoms with Gasteiger partial charge in [-0.3, -0.25) is 4.79 Å². The van der Waals surface area contributed by atoms with Crippen molar-refractivity contribution in [2.24, 2.45) is 0 Å². The average Bonchev–Trinajstić information content (AvgIpc) is 2.10. The molecule has 0 heterocycles. The summed E-state index contributed by atoms with van der Waals surface area (Å²) in [4.78, 5) is 10.7. The fourth-order valence-electron chi connectivity index (χ4n) is 0.977. The highest BCUT2D eigenvalue weighted by Crippen LogP contribution is 1.93. The third-order valence-electron chi connectivity index (χ3n) is 1.69. The molecule has 0 fully saturated rings. The van der Waals surface area contributed by atoms with Crippen molar-refractivity contribution in [3.63, 3.8) is 0 Å². The molecule has 0 saturated carbocycles. The number of aliphatic carboxylic acids is 1. The molecule has 0 aliphatic carbocycles. The summed E-state index contributed by atoms with van der Waals surface area (Å²) in [6.45, 7) is 5.79. The lowest BCUT2D eigenvalue weighted by Gasteiger charge is -2.13. The van der Waals surface area contributed by atoms with Gasteiger partial charge in [0.2, 0.25) is 0 Å². The lowest BCUT2D eigenvalue weighted by molar-refractivity contribution is -0.140. The van der Waals surface area contributed by atoms with Crippen LogP contribution in [0.15, 0.2) is 0 Å². The second kappa shape index (κ2) is 8.01.